The standard InChI is InChI=1S/C26H29N7O10S2.3K/c1-17(34)29-22-14-19(32(10-4-12-44(37,38)39)11-5-13-45(40,41)42)8-9-21(22)30-31-25-18(15-27)16-28-33(25)24-20(26(35)36)6-3-7-23(24)43-2;;;/h3,6-9,14,16H,4-5,10-13H2,1-2H3,(H,29,34)(H,35,36)(H,37,38,39)(H,40,41,42);;;/q;3*+1/p-3. The number of methoxy groups -OCH3 is 1. The molecule has 0 aliphatic heterocycles. The van der Waals surface area contributed by atoms with E-state index in [-0.39, 0.29) is 220 Å². The number of aromatic carboxylic acids is 1. The number of para-hydroxylation sites is 1. The number of rotatable bonds is 15. The van der Waals surface area contributed by atoms with Crippen molar-refractivity contribution in [2.45, 2.75) is 19.8 Å². The maximum atomic E-state index is 12.0. The molecule has 3 rings (SSSR count). The van der Waals surface area contributed by atoms with E-state index in [2.05, 4.69) is 20.6 Å². The van der Waals surface area contributed by atoms with Gasteiger partial charge in [-0.15, -0.1) is 10.2 Å². The van der Waals surface area contributed by atoms with Gasteiger partial charge >= 0.3 is 154 Å². The summed E-state index contributed by atoms with van der Waals surface area (Å²) in [7, 11) is -7.75. The van der Waals surface area contributed by atoms with Crippen LogP contribution in [-0.4, -0.2) is 79.3 Å². The number of carboxylic acid groups (broad SMARTS) is 1. The molecule has 0 radical (unpaired) electrons. The number of benzene rings is 2. The topological polar surface area (TPSA) is 262 Å². The van der Waals surface area contributed by atoms with Gasteiger partial charge in [0.2, 0.25) is 5.91 Å². The second-order valence-corrected chi connectivity index (χ2v) is 12.4. The van der Waals surface area contributed by atoms with Crippen molar-refractivity contribution in [2.75, 3.05) is 41.9 Å². The first-order valence-electron chi connectivity index (χ1n) is 13.0. The van der Waals surface area contributed by atoms with E-state index in [1.807, 2.05) is 6.07 Å². The summed E-state index contributed by atoms with van der Waals surface area (Å²) >= 11 is 0. The number of nitriles is 1. The maximum Gasteiger partial charge on any atom is 1.00 e. The van der Waals surface area contributed by atoms with E-state index in [9.17, 15) is 45.9 Å². The number of carboxylic acids is 1. The maximum absolute atomic E-state index is 12.0. The van der Waals surface area contributed by atoms with Gasteiger partial charge in [0.05, 0.1) is 45.2 Å². The Kier molecular flexibility index (Phi) is 22.2. The smallest absolute Gasteiger partial charge is 0.748 e. The predicted octanol–water partition coefficient (Wildman–Crippen LogP) is -7.82. The van der Waals surface area contributed by atoms with Crippen molar-refractivity contribution in [2.24, 2.45) is 10.2 Å². The van der Waals surface area contributed by atoms with E-state index in [0.717, 1.165) is 10.9 Å². The van der Waals surface area contributed by atoms with Crippen molar-refractivity contribution in [1.29, 1.82) is 5.26 Å². The molecule has 3 aromatic rings. The van der Waals surface area contributed by atoms with Crippen LogP contribution in [0.3, 0.4) is 0 Å². The van der Waals surface area contributed by atoms with Crippen LogP contribution >= 0.6 is 0 Å². The SMILES string of the molecule is COc1cccc(C(=O)[O-])c1-n1ncc(C#N)c1N=Nc1ccc(N(CCCS(=O)(=O)[O-])CCCS(=O)(=O)[O-])cc1NC(C)=O.[K+].[K+].[K+]. The summed E-state index contributed by atoms with van der Waals surface area (Å²) in [5.74, 6) is -3.53. The van der Waals surface area contributed by atoms with Gasteiger partial charge in [0, 0.05) is 42.8 Å². The van der Waals surface area contributed by atoms with Crippen molar-refractivity contribution >= 4 is 55.0 Å². The molecule has 0 spiro atoms. The minimum absolute atomic E-state index is 0. The number of hydrogen-bond acceptors (Lipinski definition) is 15. The number of nitrogens with one attached hydrogen (secondary N) is 1. The molecular formula is C26H26K3N7O10S2. The van der Waals surface area contributed by atoms with Crippen LogP contribution in [0.1, 0.15) is 35.7 Å². The zero-order valence-corrected chi connectivity index (χ0v) is 37.9. The predicted molar refractivity (Wildman–Crippen MR) is 155 cm³/mol. The number of amides is 1. The van der Waals surface area contributed by atoms with E-state index in [1.165, 1.54) is 55.3 Å². The number of carbonyl (C=O) groups excluding carboxylic acids is 2. The van der Waals surface area contributed by atoms with Crippen molar-refractivity contribution in [3.8, 4) is 17.5 Å². The fourth-order valence-corrected chi connectivity index (χ4v) is 5.15. The molecule has 1 aromatic heterocycles. The molecule has 22 heteroatoms. The quantitative estimate of drug-likeness (QED) is 0.0855. The number of carbonyl (C=O) groups is 2. The fraction of sp³-hybridized carbons (Fsp3) is 0.308. The summed E-state index contributed by atoms with van der Waals surface area (Å²) < 4.78 is 72.9. The molecule has 48 heavy (non-hydrogen) atoms. The van der Waals surface area contributed by atoms with Gasteiger partial charge in [0.1, 0.15) is 28.8 Å². The van der Waals surface area contributed by atoms with Crippen LogP contribution in [0.25, 0.3) is 5.69 Å². The molecule has 1 amide bonds. The molecule has 17 nitrogen and oxygen atoms in total. The molecule has 240 valence electrons. The third kappa shape index (κ3) is 14.9. The third-order valence-electron chi connectivity index (χ3n) is 6.07. The zero-order valence-electron chi connectivity index (χ0n) is 26.9. The molecule has 1 heterocycles. The van der Waals surface area contributed by atoms with E-state index in [0.29, 0.717) is 5.69 Å². The van der Waals surface area contributed by atoms with Gasteiger partial charge < -0.3 is 34.0 Å². The van der Waals surface area contributed by atoms with Gasteiger partial charge in [0.15, 0.2) is 5.82 Å². The van der Waals surface area contributed by atoms with Crippen molar-refractivity contribution < 1.29 is 200 Å². The minimum atomic E-state index is -4.53. The molecule has 0 atom stereocenters. The number of hydrogen-bond donors (Lipinski definition) is 1. The number of ether oxygens (including phenoxy) is 1. The second-order valence-electron chi connectivity index (χ2n) is 9.35. The van der Waals surface area contributed by atoms with Crippen LogP contribution in [0.15, 0.2) is 52.8 Å². The average Bonchev–Trinajstić information content (AvgIpc) is 3.36. The normalized spacial score (nSPS) is 11.0. The fourth-order valence-electron chi connectivity index (χ4n) is 4.18. The van der Waals surface area contributed by atoms with Crippen LogP contribution in [0.5, 0.6) is 5.75 Å². The Morgan fingerprint density at radius 2 is 1.62 bits per heavy atom. The Balaban J connectivity index is 0.00000736. The van der Waals surface area contributed by atoms with Crippen LogP contribution in [0.4, 0.5) is 22.9 Å². The first-order valence-corrected chi connectivity index (χ1v) is 16.1. The molecule has 0 unspecified atom stereocenters. The summed E-state index contributed by atoms with van der Waals surface area (Å²) in [6, 6.07) is 10.4. The molecule has 0 aliphatic carbocycles. The first-order chi connectivity index (χ1) is 21.1. The molecular weight excluding hydrogens is 752 g/mol. The Hall–Kier alpha value is 0.00909. The number of azo groups is 1. The van der Waals surface area contributed by atoms with Crippen molar-refractivity contribution in [3.05, 3.63) is 53.7 Å². The van der Waals surface area contributed by atoms with Gasteiger partial charge in [-0.2, -0.15) is 10.4 Å². The van der Waals surface area contributed by atoms with Gasteiger partial charge in [-0.25, -0.2) is 21.5 Å². The van der Waals surface area contributed by atoms with Crippen LogP contribution in [0.2, 0.25) is 0 Å². The van der Waals surface area contributed by atoms with Crippen molar-refractivity contribution in [1.82, 2.24) is 9.78 Å². The molecule has 2 aromatic carbocycles. The average molecular weight is 778 g/mol. The summed E-state index contributed by atoms with van der Waals surface area (Å²) in [6.07, 6.45) is 0.926. The molecule has 0 bridgehead atoms. The molecule has 0 saturated carbocycles. The van der Waals surface area contributed by atoms with Crippen LogP contribution in [-0.2, 0) is 25.0 Å². The Bertz CT molecular complexity index is 1840. The second kappa shape index (κ2) is 22.2. The van der Waals surface area contributed by atoms with E-state index in [4.69, 9.17) is 4.74 Å². The largest absolute Gasteiger partial charge is 1.00 e. The van der Waals surface area contributed by atoms with Gasteiger partial charge in [-0.1, -0.05) is 12.1 Å². The minimum Gasteiger partial charge on any atom is -0.748 e. The summed E-state index contributed by atoms with van der Waals surface area (Å²) in [5.41, 5.74) is 0.0492. The van der Waals surface area contributed by atoms with Crippen LogP contribution < -0.4 is 174 Å². The van der Waals surface area contributed by atoms with E-state index in [1.54, 1.807) is 0 Å². The van der Waals surface area contributed by atoms with Gasteiger partial charge in [-0.3, -0.25) is 4.79 Å². The summed E-state index contributed by atoms with van der Waals surface area (Å²) in [6.45, 7) is 1.20. The number of anilines is 2. The molecule has 0 fully saturated rings. The first kappa shape index (κ1) is 48.0. The van der Waals surface area contributed by atoms with Crippen LogP contribution in [0, 0.1) is 11.3 Å². The number of aromatic nitrogens is 2. The molecule has 1 N–H and O–H groups in total. The van der Waals surface area contributed by atoms with Crippen molar-refractivity contribution in [3.63, 3.8) is 0 Å². The van der Waals surface area contributed by atoms with Gasteiger partial charge in [0.25, 0.3) is 0 Å². The third-order valence-corrected chi connectivity index (χ3v) is 7.65. The Morgan fingerprint density at radius 1 is 1.02 bits per heavy atom. The molecule has 0 aliphatic rings. The van der Waals surface area contributed by atoms with Gasteiger partial charge in [-0.05, 0) is 37.1 Å². The van der Waals surface area contributed by atoms with E-state index >= 15 is 0 Å². The zero-order chi connectivity index (χ0) is 33.4. The Labute approximate surface area is 405 Å². The number of nitrogens with zero attached hydrogens (tertiary/aromatic N) is 6. The monoisotopic (exact) mass is 777 g/mol. The summed E-state index contributed by atoms with van der Waals surface area (Å²) in [4.78, 5) is 25.4. The Morgan fingerprint density at radius 3 is 2.12 bits per heavy atom. The molecule has 0 saturated heterocycles. The summed E-state index contributed by atoms with van der Waals surface area (Å²) in [5, 5.41) is 36.4. The van der Waals surface area contributed by atoms with E-state index < -0.39 is 43.6 Å².